The zero-order chi connectivity index (χ0) is 20.8. The van der Waals surface area contributed by atoms with Gasteiger partial charge in [0, 0.05) is 12.2 Å². The number of fused-ring (bicyclic) bond motifs is 1. The van der Waals surface area contributed by atoms with Crippen molar-refractivity contribution in [3.63, 3.8) is 0 Å². The third kappa shape index (κ3) is 3.59. The van der Waals surface area contributed by atoms with Crippen molar-refractivity contribution in [2.75, 3.05) is 6.61 Å². The van der Waals surface area contributed by atoms with Crippen molar-refractivity contribution < 1.29 is 22.7 Å². The molecule has 0 aliphatic heterocycles. The van der Waals surface area contributed by atoms with Gasteiger partial charge in [0.15, 0.2) is 17.5 Å². The largest absolute Gasteiger partial charge is 0.462 e. The molecule has 4 nitrogen and oxygen atoms in total. The molecule has 28 heavy (non-hydrogen) atoms. The van der Waals surface area contributed by atoms with Crippen molar-refractivity contribution >= 4 is 24.9 Å². The zero-order valence-electron chi connectivity index (χ0n) is 16.1. The van der Waals surface area contributed by atoms with Gasteiger partial charge in [-0.1, -0.05) is 25.6 Å². The summed E-state index contributed by atoms with van der Waals surface area (Å²) in [5.74, 6) is -2.98. The van der Waals surface area contributed by atoms with Gasteiger partial charge in [-0.2, -0.15) is 0 Å². The number of rotatable bonds is 3. The van der Waals surface area contributed by atoms with E-state index in [9.17, 15) is 22.8 Å². The molecule has 1 heterocycles. The van der Waals surface area contributed by atoms with Gasteiger partial charge in [0.25, 0.3) is 0 Å². The number of ether oxygens (including phenoxy) is 1. The van der Waals surface area contributed by atoms with E-state index in [0.29, 0.717) is 12.8 Å². The lowest BCUT2D eigenvalue weighted by Gasteiger charge is -2.15. The molecule has 1 fully saturated rings. The van der Waals surface area contributed by atoms with E-state index in [1.165, 1.54) is 10.8 Å². The third-order valence-electron chi connectivity index (χ3n) is 4.30. The maximum absolute atomic E-state index is 14.7. The van der Waals surface area contributed by atoms with E-state index in [4.69, 9.17) is 4.74 Å². The summed E-state index contributed by atoms with van der Waals surface area (Å²) in [6, 6.07) is -0.201. The van der Waals surface area contributed by atoms with Gasteiger partial charge in [-0.25, -0.2) is 18.0 Å². The highest BCUT2D eigenvalue weighted by Gasteiger charge is 2.32. The van der Waals surface area contributed by atoms with Crippen LogP contribution in [-0.2, 0) is 4.74 Å². The van der Waals surface area contributed by atoms with Gasteiger partial charge in [0.2, 0.25) is 5.43 Å². The maximum atomic E-state index is 14.7. The summed E-state index contributed by atoms with van der Waals surface area (Å²) >= 11 is 0. The van der Waals surface area contributed by atoms with Crippen molar-refractivity contribution in [1.82, 2.24) is 4.57 Å². The summed E-state index contributed by atoms with van der Waals surface area (Å²) < 4.78 is 49.8. The highest BCUT2D eigenvalue weighted by Crippen LogP contribution is 2.39. The maximum Gasteiger partial charge on any atom is 0.343 e. The second-order valence-electron chi connectivity index (χ2n) is 7.77. The van der Waals surface area contributed by atoms with Crippen molar-refractivity contribution in [3.05, 3.63) is 45.0 Å². The van der Waals surface area contributed by atoms with Gasteiger partial charge in [-0.3, -0.25) is 4.79 Å². The van der Waals surface area contributed by atoms with Crippen LogP contribution in [0.2, 0.25) is 19.6 Å². The van der Waals surface area contributed by atoms with Crippen LogP contribution in [0.4, 0.5) is 13.2 Å². The zero-order valence-corrected chi connectivity index (χ0v) is 17.1. The van der Waals surface area contributed by atoms with E-state index in [1.807, 2.05) is 19.6 Å². The quantitative estimate of drug-likeness (QED) is 0.332. The number of nitrogens with zero attached hydrogens (tertiary/aromatic N) is 1. The topological polar surface area (TPSA) is 48.3 Å². The molecule has 8 heteroatoms. The monoisotopic (exact) mass is 407 g/mol. The molecule has 1 aromatic heterocycles. The van der Waals surface area contributed by atoms with Crippen LogP contribution >= 0.6 is 0 Å². The van der Waals surface area contributed by atoms with E-state index in [1.54, 1.807) is 6.92 Å². The predicted molar refractivity (Wildman–Crippen MR) is 103 cm³/mol. The number of hydrogen-bond donors (Lipinski definition) is 0. The number of pyridine rings is 1. The molecule has 0 bridgehead atoms. The third-order valence-corrected chi connectivity index (χ3v) is 5.17. The number of benzene rings is 1. The lowest BCUT2D eigenvalue weighted by Crippen LogP contribution is -2.23. The number of carbonyl (C=O) groups excluding carboxylic acids is 1. The average molecular weight is 407 g/mol. The molecule has 0 saturated heterocycles. The number of aromatic nitrogens is 1. The Bertz CT molecular complexity index is 1100. The molecule has 0 spiro atoms. The first-order valence-electron chi connectivity index (χ1n) is 9.02. The van der Waals surface area contributed by atoms with Gasteiger partial charge in [0.1, 0.15) is 13.6 Å². The first kappa shape index (κ1) is 20.2. The minimum Gasteiger partial charge on any atom is -0.462 e. The molecule has 1 aliphatic rings. The molecule has 1 saturated carbocycles. The number of esters is 1. The Hall–Kier alpha value is -2.53. The Morgan fingerprint density at radius 2 is 1.86 bits per heavy atom. The summed E-state index contributed by atoms with van der Waals surface area (Å²) in [5.41, 5.74) is 0.746. The van der Waals surface area contributed by atoms with Gasteiger partial charge >= 0.3 is 5.97 Å². The first-order chi connectivity index (χ1) is 13.1. The van der Waals surface area contributed by atoms with Crippen LogP contribution in [0.1, 0.15) is 41.7 Å². The van der Waals surface area contributed by atoms with Crippen molar-refractivity contribution in [3.8, 4) is 11.5 Å². The fraction of sp³-hybridized carbons (Fsp3) is 0.400. The summed E-state index contributed by atoms with van der Waals surface area (Å²) in [6.45, 7) is 7.30. The summed E-state index contributed by atoms with van der Waals surface area (Å²) in [7, 11) is -2.01. The molecule has 1 aromatic carbocycles. The second-order valence-corrected chi connectivity index (χ2v) is 12.5. The van der Waals surface area contributed by atoms with Crippen LogP contribution in [0.25, 0.3) is 10.9 Å². The summed E-state index contributed by atoms with van der Waals surface area (Å²) in [4.78, 5) is 25.2. The van der Waals surface area contributed by atoms with E-state index in [2.05, 4.69) is 11.5 Å². The van der Waals surface area contributed by atoms with Gasteiger partial charge in [0.05, 0.1) is 23.1 Å². The molecular weight excluding hydrogens is 387 g/mol. The van der Waals surface area contributed by atoms with Gasteiger partial charge in [-0.15, -0.1) is 5.54 Å². The molecular formula is C20H20F3NO3Si. The normalized spacial score (nSPS) is 14.0. The lowest BCUT2D eigenvalue weighted by atomic mass is 10.0. The van der Waals surface area contributed by atoms with Crippen LogP contribution in [0, 0.1) is 28.9 Å². The Labute approximate surface area is 161 Å². The van der Waals surface area contributed by atoms with Crippen molar-refractivity contribution in [2.45, 2.75) is 45.4 Å². The molecule has 0 unspecified atom stereocenters. The van der Waals surface area contributed by atoms with Crippen LogP contribution < -0.4 is 5.43 Å². The smallest absolute Gasteiger partial charge is 0.343 e. The Kier molecular flexibility index (Phi) is 5.15. The SMILES string of the molecule is CCOC(=O)c1cn(C2CC2)c2c(F)c(F)c(F)c(C#C[Si](C)(C)C)c2c1=O. The molecule has 3 rings (SSSR count). The lowest BCUT2D eigenvalue weighted by molar-refractivity contribution is 0.0524. The summed E-state index contributed by atoms with van der Waals surface area (Å²) in [5, 5.41) is -0.417. The Morgan fingerprint density at radius 3 is 2.39 bits per heavy atom. The fourth-order valence-electron chi connectivity index (χ4n) is 2.87. The molecule has 0 N–H and O–H groups in total. The van der Waals surface area contributed by atoms with E-state index < -0.39 is 47.9 Å². The fourth-order valence-corrected chi connectivity index (χ4v) is 3.37. The van der Waals surface area contributed by atoms with Gasteiger partial charge < -0.3 is 9.30 Å². The van der Waals surface area contributed by atoms with Crippen LogP contribution in [0.5, 0.6) is 0 Å². The standard InChI is InChI=1S/C20H20F3NO3Si/c1-5-27-20(26)13-10-24(11-6-7-11)18-14(19(13)25)12(8-9-28(2,3)4)15(21)16(22)17(18)23/h10-11H,5-7H2,1-4H3. The van der Waals surface area contributed by atoms with Crippen LogP contribution in [-0.4, -0.2) is 25.2 Å². The molecule has 0 radical (unpaired) electrons. The Balaban J connectivity index is 2.49. The molecule has 1 aliphatic carbocycles. The number of hydrogen-bond acceptors (Lipinski definition) is 3. The minimum atomic E-state index is -2.01. The summed E-state index contributed by atoms with van der Waals surface area (Å²) in [6.07, 6.45) is 2.53. The van der Waals surface area contributed by atoms with Gasteiger partial charge in [-0.05, 0) is 19.8 Å². The van der Waals surface area contributed by atoms with E-state index >= 15 is 0 Å². The molecule has 2 aromatic rings. The predicted octanol–water partition coefficient (Wildman–Crippen LogP) is 4.16. The number of carbonyl (C=O) groups is 1. The van der Waals surface area contributed by atoms with Crippen LogP contribution in [0.15, 0.2) is 11.0 Å². The van der Waals surface area contributed by atoms with Crippen molar-refractivity contribution in [2.24, 2.45) is 0 Å². The number of halogens is 3. The first-order valence-corrected chi connectivity index (χ1v) is 12.5. The minimum absolute atomic E-state index is 0.0359. The Morgan fingerprint density at radius 1 is 1.21 bits per heavy atom. The second kappa shape index (κ2) is 7.13. The van der Waals surface area contributed by atoms with Crippen LogP contribution in [0.3, 0.4) is 0 Å². The average Bonchev–Trinajstić information content (AvgIpc) is 3.44. The highest BCUT2D eigenvalue weighted by molar-refractivity contribution is 6.83. The van der Waals surface area contributed by atoms with E-state index in [-0.39, 0.29) is 23.7 Å². The molecule has 0 amide bonds. The van der Waals surface area contributed by atoms with E-state index in [0.717, 1.165) is 0 Å². The highest BCUT2D eigenvalue weighted by atomic mass is 28.3. The molecule has 148 valence electrons. The molecule has 0 atom stereocenters. The van der Waals surface area contributed by atoms with Crippen molar-refractivity contribution in [1.29, 1.82) is 0 Å².